The molecule has 6 nitrogen and oxygen atoms in total. The number of nitrogens with zero attached hydrogens (tertiary/aromatic N) is 5. The Balaban J connectivity index is 1.52. The molecule has 2 atom stereocenters. The molecule has 1 saturated carbocycles. The molecule has 26 heavy (non-hydrogen) atoms. The molecule has 1 aliphatic carbocycles. The summed E-state index contributed by atoms with van der Waals surface area (Å²) in [4.78, 5) is 2.43. The van der Waals surface area contributed by atoms with Crippen LogP contribution < -0.4 is 0 Å². The van der Waals surface area contributed by atoms with Crippen molar-refractivity contribution in [3.05, 3.63) is 41.7 Å². The van der Waals surface area contributed by atoms with Crippen LogP contribution in [0, 0.1) is 0 Å². The molecular formula is C20H29N5O. The van der Waals surface area contributed by atoms with Crippen molar-refractivity contribution in [1.29, 1.82) is 0 Å². The van der Waals surface area contributed by atoms with Crippen LogP contribution in [0.3, 0.4) is 0 Å². The maximum atomic E-state index is 9.87. The summed E-state index contributed by atoms with van der Waals surface area (Å²) in [7, 11) is 0. The Hall–Kier alpha value is -1.79. The summed E-state index contributed by atoms with van der Waals surface area (Å²) in [5.74, 6) is 1.00. The lowest BCUT2D eigenvalue weighted by Gasteiger charge is -2.30. The molecule has 1 aromatic carbocycles. The summed E-state index contributed by atoms with van der Waals surface area (Å²) in [5.41, 5.74) is 1.33. The summed E-state index contributed by atoms with van der Waals surface area (Å²) < 4.78 is 2.10. The first-order valence-electron chi connectivity index (χ1n) is 10.0. The van der Waals surface area contributed by atoms with Crippen LogP contribution in [-0.4, -0.2) is 49.4 Å². The minimum absolute atomic E-state index is 0.205. The number of hydrogen-bond donors (Lipinski definition) is 1. The summed E-state index contributed by atoms with van der Waals surface area (Å²) in [6.07, 6.45) is 9.24. The van der Waals surface area contributed by atoms with Gasteiger partial charge in [0.15, 0.2) is 5.82 Å². The Kier molecular flexibility index (Phi) is 5.60. The van der Waals surface area contributed by atoms with Gasteiger partial charge in [0.1, 0.15) is 0 Å². The number of rotatable bonds is 6. The molecule has 1 aliphatic heterocycles. The molecule has 0 bridgehead atoms. The number of aliphatic hydroxyl groups is 1. The normalized spacial score (nSPS) is 25.0. The van der Waals surface area contributed by atoms with Crippen LogP contribution in [-0.2, 0) is 6.42 Å². The zero-order chi connectivity index (χ0) is 17.8. The second kappa shape index (κ2) is 8.27. The molecule has 0 amide bonds. The Morgan fingerprint density at radius 2 is 1.81 bits per heavy atom. The average molecular weight is 355 g/mol. The minimum atomic E-state index is 0.205. The fraction of sp³-hybridized carbons (Fsp3) is 0.650. The van der Waals surface area contributed by atoms with Crippen molar-refractivity contribution in [2.75, 3.05) is 13.2 Å². The van der Waals surface area contributed by atoms with Crippen molar-refractivity contribution in [3.63, 3.8) is 0 Å². The summed E-state index contributed by atoms with van der Waals surface area (Å²) in [6.45, 7) is 1.13. The molecule has 0 radical (unpaired) electrons. The lowest BCUT2D eigenvalue weighted by atomic mass is 9.95. The second-order valence-corrected chi connectivity index (χ2v) is 7.68. The van der Waals surface area contributed by atoms with Gasteiger partial charge >= 0.3 is 0 Å². The van der Waals surface area contributed by atoms with E-state index in [0.717, 1.165) is 31.6 Å². The lowest BCUT2D eigenvalue weighted by Crippen LogP contribution is -2.37. The van der Waals surface area contributed by atoms with Gasteiger partial charge in [-0.15, -0.1) is 5.10 Å². The highest BCUT2D eigenvalue weighted by Gasteiger charge is 2.37. The van der Waals surface area contributed by atoms with Crippen LogP contribution in [0.5, 0.6) is 0 Å². The van der Waals surface area contributed by atoms with E-state index in [1.807, 2.05) is 0 Å². The van der Waals surface area contributed by atoms with E-state index in [1.54, 1.807) is 0 Å². The molecule has 1 aromatic heterocycles. The molecule has 0 spiro atoms. The van der Waals surface area contributed by atoms with Crippen LogP contribution in [0.4, 0.5) is 0 Å². The van der Waals surface area contributed by atoms with Gasteiger partial charge < -0.3 is 5.11 Å². The monoisotopic (exact) mass is 355 g/mol. The van der Waals surface area contributed by atoms with Gasteiger partial charge in [0.05, 0.1) is 18.7 Å². The molecule has 140 valence electrons. The zero-order valence-corrected chi connectivity index (χ0v) is 15.4. The Morgan fingerprint density at radius 1 is 1.00 bits per heavy atom. The van der Waals surface area contributed by atoms with E-state index in [9.17, 15) is 5.11 Å². The number of benzene rings is 1. The first kappa shape index (κ1) is 17.6. The first-order valence-corrected chi connectivity index (χ1v) is 10.0. The third-order valence-corrected chi connectivity index (χ3v) is 6.09. The van der Waals surface area contributed by atoms with Gasteiger partial charge in [-0.25, -0.2) is 4.68 Å². The molecule has 1 N–H and O–H groups in total. The van der Waals surface area contributed by atoms with Gasteiger partial charge in [-0.2, -0.15) is 0 Å². The third kappa shape index (κ3) is 3.67. The molecule has 2 fully saturated rings. The van der Waals surface area contributed by atoms with E-state index < -0.39 is 0 Å². The van der Waals surface area contributed by atoms with E-state index in [2.05, 4.69) is 55.4 Å². The Morgan fingerprint density at radius 3 is 2.58 bits per heavy atom. The Bertz CT molecular complexity index is 683. The highest BCUT2D eigenvalue weighted by molar-refractivity contribution is 5.15. The fourth-order valence-electron chi connectivity index (χ4n) is 4.66. The minimum Gasteiger partial charge on any atom is -0.395 e. The zero-order valence-electron chi connectivity index (χ0n) is 15.4. The SMILES string of the molecule is OC[C@@H]1CC[C@H](c2nnnn2C2CCCCC2)N1CCc1ccccc1. The van der Waals surface area contributed by atoms with Crippen LogP contribution in [0.1, 0.15) is 68.4 Å². The van der Waals surface area contributed by atoms with Crippen molar-refractivity contribution in [2.24, 2.45) is 0 Å². The van der Waals surface area contributed by atoms with E-state index >= 15 is 0 Å². The molecular weight excluding hydrogens is 326 g/mol. The average Bonchev–Trinajstić information content (AvgIpc) is 3.34. The van der Waals surface area contributed by atoms with Gasteiger partial charge in [0.25, 0.3) is 0 Å². The number of likely N-dealkylation sites (tertiary alicyclic amines) is 1. The number of hydrogen-bond acceptors (Lipinski definition) is 5. The van der Waals surface area contributed by atoms with E-state index in [1.165, 1.54) is 37.7 Å². The quantitative estimate of drug-likeness (QED) is 0.863. The van der Waals surface area contributed by atoms with Crippen molar-refractivity contribution < 1.29 is 5.11 Å². The van der Waals surface area contributed by atoms with Crippen molar-refractivity contribution in [1.82, 2.24) is 25.1 Å². The predicted molar refractivity (Wildman–Crippen MR) is 99.6 cm³/mol. The van der Waals surface area contributed by atoms with Gasteiger partial charge in [-0.1, -0.05) is 49.6 Å². The highest BCUT2D eigenvalue weighted by atomic mass is 16.3. The van der Waals surface area contributed by atoms with Crippen molar-refractivity contribution >= 4 is 0 Å². The molecule has 1 saturated heterocycles. The number of aliphatic hydroxyl groups excluding tert-OH is 1. The summed E-state index contributed by atoms with van der Waals surface area (Å²) >= 11 is 0. The molecule has 6 heteroatoms. The molecule has 2 aromatic rings. The van der Waals surface area contributed by atoms with Crippen LogP contribution in [0.15, 0.2) is 30.3 Å². The summed E-state index contributed by atoms with van der Waals surface area (Å²) in [6, 6.07) is 11.4. The van der Waals surface area contributed by atoms with Gasteiger partial charge in [0, 0.05) is 12.6 Å². The van der Waals surface area contributed by atoms with Crippen LogP contribution in [0.2, 0.25) is 0 Å². The number of aromatic nitrogens is 4. The second-order valence-electron chi connectivity index (χ2n) is 7.68. The van der Waals surface area contributed by atoms with Crippen LogP contribution >= 0.6 is 0 Å². The fourth-order valence-corrected chi connectivity index (χ4v) is 4.66. The van der Waals surface area contributed by atoms with E-state index in [-0.39, 0.29) is 18.7 Å². The van der Waals surface area contributed by atoms with Gasteiger partial charge in [0.2, 0.25) is 0 Å². The smallest absolute Gasteiger partial charge is 0.168 e. The maximum Gasteiger partial charge on any atom is 0.168 e. The van der Waals surface area contributed by atoms with E-state index in [4.69, 9.17) is 0 Å². The van der Waals surface area contributed by atoms with E-state index in [0.29, 0.717) is 6.04 Å². The molecule has 2 aliphatic rings. The molecule has 4 rings (SSSR count). The highest BCUT2D eigenvalue weighted by Crippen LogP contribution is 2.37. The molecule has 2 heterocycles. The molecule has 0 unspecified atom stereocenters. The van der Waals surface area contributed by atoms with Gasteiger partial charge in [-0.3, -0.25) is 4.90 Å². The lowest BCUT2D eigenvalue weighted by molar-refractivity contribution is 0.123. The largest absolute Gasteiger partial charge is 0.395 e. The van der Waals surface area contributed by atoms with Crippen LogP contribution in [0.25, 0.3) is 0 Å². The number of tetrazole rings is 1. The van der Waals surface area contributed by atoms with Gasteiger partial charge in [-0.05, 0) is 48.1 Å². The standard InChI is InChI=1S/C20H29N5O/c26-15-18-11-12-19(24(18)14-13-16-7-3-1-4-8-16)20-21-22-23-25(20)17-9-5-2-6-10-17/h1,3-4,7-8,17-19,26H,2,5-6,9-15H2/t18-,19+/m0/s1. The predicted octanol–water partition coefficient (Wildman–Crippen LogP) is 2.92. The third-order valence-electron chi connectivity index (χ3n) is 6.09. The maximum absolute atomic E-state index is 9.87. The van der Waals surface area contributed by atoms with Crippen molar-refractivity contribution in [3.8, 4) is 0 Å². The Labute approximate surface area is 155 Å². The summed E-state index contributed by atoms with van der Waals surface area (Å²) in [5, 5.41) is 22.7. The topological polar surface area (TPSA) is 67.1 Å². The first-order chi connectivity index (χ1) is 12.9. The van der Waals surface area contributed by atoms with Crippen molar-refractivity contribution in [2.45, 2.75) is 69.5 Å².